The third kappa shape index (κ3) is 2.57. The quantitative estimate of drug-likeness (QED) is 0.856. The molecule has 0 heterocycles. The van der Waals surface area contributed by atoms with Crippen LogP contribution in [0.3, 0.4) is 0 Å². The molecule has 2 rings (SSSR count). The zero-order chi connectivity index (χ0) is 12.5. The van der Waals surface area contributed by atoms with Crippen molar-refractivity contribution in [2.45, 2.75) is 18.3 Å². The molecule has 1 aromatic carbocycles. The highest BCUT2D eigenvalue weighted by Gasteiger charge is 2.44. The molecule has 0 spiro atoms. The number of carbonyl (C=O) groups is 1. The Morgan fingerprint density at radius 2 is 1.94 bits per heavy atom. The van der Waals surface area contributed by atoms with E-state index in [0.29, 0.717) is 6.54 Å². The van der Waals surface area contributed by atoms with E-state index < -0.39 is 0 Å². The normalized spacial score (nSPS) is 16.4. The summed E-state index contributed by atoms with van der Waals surface area (Å²) in [7, 11) is 3.43. The summed E-state index contributed by atoms with van der Waals surface area (Å²) in [4.78, 5) is 13.0. The summed E-state index contributed by atoms with van der Waals surface area (Å²) in [6.45, 7) is 0.621. The van der Waals surface area contributed by atoms with Gasteiger partial charge in [0.25, 0.3) is 0 Å². The van der Waals surface area contributed by atoms with E-state index in [-0.39, 0.29) is 17.3 Å². The molecule has 1 aliphatic carbocycles. The van der Waals surface area contributed by atoms with Gasteiger partial charge >= 0.3 is 6.03 Å². The molecule has 92 valence electrons. The van der Waals surface area contributed by atoms with Gasteiger partial charge in [-0.2, -0.15) is 0 Å². The van der Waals surface area contributed by atoms with Crippen molar-refractivity contribution in [1.29, 1.82) is 0 Å². The van der Waals surface area contributed by atoms with E-state index in [1.807, 2.05) is 12.1 Å². The summed E-state index contributed by atoms with van der Waals surface area (Å²) in [6.07, 6.45) is 2.10. The molecule has 0 unspecified atom stereocenters. The van der Waals surface area contributed by atoms with Crippen LogP contribution >= 0.6 is 0 Å². The van der Waals surface area contributed by atoms with Gasteiger partial charge in [0.15, 0.2) is 0 Å². The van der Waals surface area contributed by atoms with Crippen molar-refractivity contribution < 1.29 is 9.18 Å². The zero-order valence-electron chi connectivity index (χ0n) is 10.2. The molecule has 3 nitrogen and oxygen atoms in total. The van der Waals surface area contributed by atoms with Crippen molar-refractivity contribution >= 4 is 6.03 Å². The Morgan fingerprint density at radius 3 is 2.41 bits per heavy atom. The number of nitrogens with one attached hydrogen (secondary N) is 1. The lowest BCUT2D eigenvalue weighted by molar-refractivity contribution is 0.216. The number of rotatable bonds is 3. The Bertz CT molecular complexity index is 410. The van der Waals surface area contributed by atoms with Crippen molar-refractivity contribution in [2.75, 3.05) is 20.6 Å². The molecular formula is C13H17FN2O. The summed E-state index contributed by atoms with van der Waals surface area (Å²) in [5.41, 5.74) is 1.14. The van der Waals surface area contributed by atoms with Gasteiger partial charge < -0.3 is 10.2 Å². The van der Waals surface area contributed by atoms with E-state index >= 15 is 0 Å². The molecule has 17 heavy (non-hydrogen) atoms. The molecule has 0 atom stereocenters. The maximum Gasteiger partial charge on any atom is 0.316 e. The summed E-state index contributed by atoms with van der Waals surface area (Å²) >= 11 is 0. The monoisotopic (exact) mass is 236 g/mol. The van der Waals surface area contributed by atoms with Crippen LogP contribution in [0.2, 0.25) is 0 Å². The Labute approximate surface area is 101 Å². The average molecular weight is 236 g/mol. The SMILES string of the molecule is CN(C)C(=O)NCC1(c2ccc(F)cc2)CC1. The second-order valence-electron chi connectivity index (χ2n) is 4.84. The lowest BCUT2D eigenvalue weighted by Crippen LogP contribution is -2.39. The molecule has 1 N–H and O–H groups in total. The predicted molar refractivity (Wildman–Crippen MR) is 64.4 cm³/mol. The lowest BCUT2D eigenvalue weighted by Gasteiger charge is -2.18. The average Bonchev–Trinajstić information content (AvgIpc) is 3.08. The minimum absolute atomic E-state index is 0.0272. The summed E-state index contributed by atoms with van der Waals surface area (Å²) < 4.78 is 12.8. The second-order valence-corrected chi connectivity index (χ2v) is 4.84. The van der Waals surface area contributed by atoms with Gasteiger partial charge in [0.05, 0.1) is 0 Å². The molecular weight excluding hydrogens is 219 g/mol. The number of hydrogen-bond donors (Lipinski definition) is 1. The summed E-state index contributed by atoms with van der Waals surface area (Å²) in [6, 6.07) is 6.49. The van der Waals surface area contributed by atoms with Gasteiger partial charge in [0.1, 0.15) is 5.82 Å². The van der Waals surface area contributed by atoms with Gasteiger partial charge in [-0.05, 0) is 30.5 Å². The predicted octanol–water partition coefficient (Wildman–Crippen LogP) is 2.13. The van der Waals surface area contributed by atoms with Crippen LogP contribution in [0.5, 0.6) is 0 Å². The first-order chi connectivity index (χ1) is 8.03. The molecule has 0 saturated heterocycles. The van der Waals surface area contributed by atoms with Crippen LogP contribution in [-0.4, -0.2) is 31.6 Å². The van der Waals surface area contributed by atoms with Crippen LogP contribution < -0.4 is 5.32 Å². The molecule has 1 saturated carbocycles. The van der Waals surface area contributed by atoms with E-state index in [1.54, 1.807) is 14.1 Å². The fourth-order valence-corrected chi connectivity index (χ4v) is 1.92. The van der Waals surface area contributed by atoms with Crippen LogP contribution in [0.15, 0.2) is 24.3 Å². The zero-order valence-corrected chi connectivity index (χ0v) is 10.2. The third-order valence-corrected chi connectivity index (χ3v) is 3.29. The molecule has 0 aliphatic heterocycles. The minimum atomic E-state index is -0.220. The van der Waals surface area contributed by atoms with E-state index in [1.165, 1.54) is 17.0 Å². The lowest BCUT2D eigenvalue weighted by atomic mass is 9.96. The highest BCUT2D eigenvalue weighted by molar-refractivity contribution is 5.73. The largest absolute Gasteiger partial charge is 0.337 e. The van der Waals surface area contributed by atoms with Gasteiger partial charge in [0.2, 0.25) is 0 Å². The first-order valence-electron chi connectivity index (χ1n) is 5.75. The van der Waals surface area contributed by atoms with E-state index in [2.05, 4.69) is 5.32 Å². The van der Waals surface area contributed by atoms with Crippen LogP contribution in [0.25, 0.3) is 0 Å². The highest BCUT2D eigenvalue weighted by atomic mass is 19.1. The molecule has 0 aromatic heterocycles. The summed E-state index contributed by atoms with van der Waals surface area (Å²) in [5.74, 6) is -0.220. The van der Waals surface area contributed by atoms with Crippen LogP contribution in [-0.2, 0) is 5.41 Å². The number of amides is 2. The maximum atomic E-state index is 12.8. The number of carbonyl (C=O) groups excluding carboxylic acids is 1. The van der Waals surface area contributed by atoms with E-state index in [4.69, 9.17) is 0 Å². The van der Waals surface area contributed by atoms with Crippen molar-refractivity contribution in [3.05, 3.63) is 35.6 Å². The fraction of sp³-hybridized carbons (Fsp3) is 0.462. The molecule has 1 aromatic rings. The van der Waals surface area contributed by atoms with Crippen molar-refractivity contribution in [3.8, 4) is 0 Å². The fourth-order valence-electron chi connectivity index (χ4n) is 1.92. The van der Waals surface area contributed by atoms with Crippen LogP contribution in [0.1, 0.15) is 18.4 Å². The Kier molecular flexibility index (Phi) is 3.05. The second kappa shape index (κ2) is 4.35. The van der Waals surface area contributed by atoms with E-state index in [0.717, 1.165) is 18.4 Å². The van der Waals surface area contributed by atoms with Crippen molar-refractivity contribution in [1.82, 2.24) is 10.2 Å². The smallest absolute Gasteiger partial charge is 0.316 e. The van der Waals surface area contributed by atoms with Gasteiger partial charge in [-0.15, -0.1) is 0 Å². The van der Waals surface area contributed by atoms with Gasteiger partial charge in [-0.1, -0.05) is 12.1 Å². The van der Waals surface area contributed by atoms with Gasteiger partial charge in [-0.3, -0.25) is 0 Å². The number of nitrogens with zero attached hydrogens (tertiary/aromatic N) is 1. The topological polar surface area (TPSA) is 32.3 Å². The Morgan fingerprint density at radius 1 is 1.35 bits per heavy atom. The molecule has 0 bridgehead atoms. The van der Waals surface area contributed by atoms with Gasteiger partial charge in [0, 0.05) is 26.1 Å². The molecule has 0 radical (unpaired) electrons. The Balaban J connectivity index is 2.00. The minimum Gasteiger partial charge on any atom is -0.337 e. The Hall–Kier alpha value is -1.58. The van der Waals surface area contributed by atoms with Crippen LogP contribution in [0.4, 0.5) is 9.18 Å². The molecule has 1 aliphatic rings. The van der Waals surface area contributed by atoms with Crippen LogP contribution in [0, 0.1) is 5.82 Å². The number of urea groups is 1. The number of hydrogen-bond acceptors (Lipinski definition) is 1. The summed E-state index contributed by atoms with van der Waals surface area (Å²) in [5, 5.41) is 2.89. The molecule has 4 heteroatoms. The number of benzene rings is 1. The van der Waals surface area contributed by atoms with E-state index in [9.17, 15) is 9.18 Å². The molecule has 1 fully saturated rings. The maximum absolute atomic E-state index is 12.8. The van der Waals surface area contributed by atoms with Crippen molar-refractivity contribution in [3.63, 3.8) is 0 Å². The third-order valence-electron chi connectivity index (χ3n) is 3.29. The number of halogens is 1. The molecule has 2 amide bonds. The first kappa shape index (κ1) is 11.9. The van der Waals surface area contributed by atoms with Crippen molar-refractivity contribution in [2.24, 2.45) is 0 Å². The standard InChI is InChI=1S/C13H17FN2O/c1-16(2)12(17)15-9-13(7-8-13)10-3-5-11(14)6-4-10/h3-6H,7-9H2,1-2H3,(H,15,17). The van der Waals surface area contributed by atoms with Gasteiger partial charge in [-0.25, -0.2) is 9.18 Å². The first-order valence-corrected chi connectivity index (χ1v) is 5.75. The highest BCUT2D eigenvalue weighted by Crippen LogP contribution is 2.47.